The van der Waals surface area contributed by atoms with Gasteiger partial charge in [0.05, 0.1) is 0 Å². The van der Waals surface area contributed by atoms with Crippen molar-refractivity contribution in [2.45, 2.75) is 0 Å². The van der Waals surface area contributed by atoms with Crippen LogP contribution in [0.4, 0.5) is 0 Å². The van der Waals surface area contributed by atoms with E-state index in [9.17, 15) is 0 Å². The van der Waals surface area contributed by atoms with Crippen molar-refractivity contribution in [1.29, 1.82) is 0 Å². The maximum atomic E-state index is 8.61. The third-order valence-electron chi connectivity index (χ3n) is 0.701. The Bertz CT molecular complexity index is 138. The molecule has 0 bridgehead atoms. The minimum Gasteiger partial charge on any atom is -0.533 e. The Hall–Kier alpha value is 0.0719. The molecule has 0 heterocycles. The maximum Gasteiger partial charge on any atom is 0.00821 e. The van der Waals surface area contributed by atoms with Gasteiger partial charge in [-0.3, -0.25) is 0 Å². The molecular formula is C6H5OU-. The zero-order valence-corrected chi connectivity index (χ0v) is 8.42. The van der Waals surface area contributed by atoms with Crippen LogP contribution in [0.3, 0.4) is 0 Å². The van der Waals surface area contributed by atoms with Gasteiger partial charge in [-0.2, -0.15) is 18.2 Å². The van der Waals surface area contributed by atoms with E-state index in [1.165, 1.54) is 0 Å². The molecule has 0 amide bonds. The molecule has 0 atom stereocenters. The number of hydrogen-bond acceptors (Lipinski definition) is 1. The minimum atomic E-state index is 0. The number of phenolic OH excluding ortho intramolecular Hbond substituents is 1. The van der Waals surface area contributed by atoms with Gasteiger partial charge in [0.2, 0.25) is 0 Å². The second-order valence-corrected chi connectivity index (χ2v) is 1.26. The topological polar surface area (TPSA) is 20.2 Å². The Morgan fingerprint density at radius 2 is 1.75 bits per heavy atom. The number of phenols is 1. The second kappa shape index (κ2) is 4.00. The summed E-state index contributed by atoms with van der Waals surface area (Å²) >= 11 is 0. The van der Waals surface area contributed by atoms with E-state index in [1.807, 2.05) is 0 Å². The molecule has 8 heavy (non-hydrogen) atoms. The Kier molecular flexibility index (Phi) is 4.04. The van der Waals surface area contributed by atoms with Crippen LogP contribution >= 0.6 is 0 Å². The van der Waals surface area contributed by atoms with Crippen LogP contribution in [0.15, 0.2) is 24.3 Å². The summed E-state index contributed by atoms with van der Waals surface area (Å²) in [5, 5.41) is 8.61. The number of benzene rings is 1. The van der Waals surface area contributed by atoms with E-state index in [1.54, 1.807) is 24.3 Å². The summed E-state index contributed by atoms with van der Waals surface area (Å²) in [6.45, 7) is 0. The molecule has 0 aromatic heterocycles. The van der Waals surface area contributed by atoms with E-state index in [4.69, 9.17) is 5.11 Å². The summed E-state index contributed by atoms with van der Waals surface area (Å²) in [5.74, 6) is 0.291. The van der Waals surface area contributed by atoms with E-state index in [2.05, 4.69) is 6.07 Å². The van der Waals surface area contributed by atoms with Crippen LogP contribution < -0.4 is 0 Å². The molecule has 1 aromatic carbocycles. The van der Waals surface area contributed by atoms with Gasteiger partial charge in [-0.25, -0.2) is 0 Å². The number of hydrogen-bond donors (Lipinski definition) is 1. The van der Waals surface area contributed by atoms with Crippen molar-refractivity contribution >= 4 is 0 Å². The predicted molar refractivity (Wildman–Crippen MR) is 26.9 cm³/mol. The van der Waals surface area contributed by atoms with Gasteiger partial charge >= 0.3 is 0 Å². The average Bonchev–Trinajstić information content (AvgIpc) is 1.69. The molecule has 0 saturated carbocycles. The molecule has 0 spiro atoms. The molecule has 2 heteroatoms. The number of aromatic hydroxyl groups is 1. The minimum absolute atomic E-state index is 0. The van der Waals surface area contributed by atoms with Gasteiger partial charge in [0.15, 0.2) is 0 Å². The van der Waals surface area contributed by atoms with Gasteiger partial charge < -0.3 is 5.11 Å². The van der Waals surface area contributed by atoms with Crippen LogP contribution in [0.2, 0.25) is 0 Å². The molecule has 0 aliphatic rings. The van der Waals surface area contributed by atoms with Crippen LogP contribution in [0, 0.1) is 37.2 Å². The molecule has 1 aromatic rings. The van der Waals surface area contributed by atoms with Crippen molar-refractivity contribution in [3.8, 4) is 5.75 Å². The van der Waals surface area contributed by atoms with E-state index in [0.29, 0.717) is 5.75 Å². The van der Waals surface area contributed by atoms with Crippen LogP contribution in [0.1, 0.15) is 0 Å². The zero-order valence-electron chi connectivity index (χ0n) is 4.26. The van der Waals surface area contributed by atoms with E-state index in [-0.39, 0.29) is 31.1 Å². The molecule has 1 rings (SSSR count). The summed E-state index contributed by atoms with van der Waals surface area (Å²) in [5.41, 5.74) is 0. The molecule has 0 radical (unpaired) electrons. The summed E-state index contributed by atoms with van der Waals surface area (Å²) in [7, 11) is 0. The summed E-state index contributed by atoms with van der Waals surface area (Å²) in [6, 6.07) is 9.26. The summed E-state index contributed by atoms with van der Waals surface area (Å²) in [4.78, 5) is 0. The first-order valence-corrected chi connectivity index (χ1v) is 2.04. The average molecular weight is 331 g/mol. The van der Waals surface area contributed by atoms with Gasteiger partial charge in [0, 0.05) is 36.9 Å². The van der Waals surface area contributed by atoms with Crippen molar-refractivity contribution in [3.05, 3.63) is 30.3 Å². The third-order valence-corrected chi connectivity index (χ3v) is 0.701. The molecular weight excluding hydrogens is 326 g/mol. The second-order valence-electron chi connectivity index (χ2n) is 1.26. The standard InChI is InChI=1S/C6H5O.U/c7-6-4-2-1-3-5-6;/h2-5,7H;/q-1;. The normalized spacial score (nSPS) is 7.50. The number of rotatable bonds is 0. The molecule has 0 unspecified atom stereocenters. The Morgan fingerprint density at radius 3 is 2.00 bits per heavy atom. The molecule has 0 saturated heterocycles. The first kappa shape index (κ1) is 8.07. The van der Waals surface area contributed by atoms with Gasteiger partial charge in [0.25, 0.3) is 0 Å². The SMILES string of the molecule is Oc1cc[c-]cc1.[U]. The molecule has 0 aliphatic heterocycles. The fourth-order valence-electron chi connectivity index (χ4n) is 0.378. The van der Waals surface area contributed by atoms with Crippen LogP contribution in [-0.4, -0.2) is 5.11 Å². The van der Waals surface area contributed by atoms with Crippen molar-refractivity contribution in [1.82, 2.24) is 0 Å². The summed E-state index contributed by atoms with van der Waals surface area (Å²) < 4.78 is 0. The Morgan fingerprint density at radius 1 is 1.25 bits per heavy atom. The quantitative estimate of drug-likeness (QED) is 0.709. The first-order valence-electron chi connectivity index (χ1n) is 2.04. The Labute approximate surface area is 72.1 Å². The van der Waals surface area contributed by atoms with Gasteiger partial charge in [0.1, 0.15) is 0 Å². The maximum absolute atomic E-state index is 8.61. The molecule has 0 aliphatic carbocycles. The third kappa shape index (κ3) is 2.40. The van der Waals surface area contributed by atoms with Crippen LogP contribution in [0.5, 0.6) is 5.75 Å². The Balaban J connectivity index is 0.000000490. The molecule has 40 valence electrons. The molecule has 0 fully saturated rings. The first-order chi connectivity index (χ1) is 3.39. The van der Waals surface area contributed by atoms with Crippen molar-refractivity contribution < 1.29 is 36.2 Å². The van der Waals surface area contributed by atoms with Crippen LogP contribution in [-0.2, 0) is 0 Å². The molecule has 1 nitrogen and oxygen atoms in total. The fraction of sp³-hybridized carbons (Fsp3) is 0. The van der Waals surface area contributed by atoms with E-state index >= 15 is 0 Å². The fourth-order valence-corrected chi connectivity index (χ4v) is 0.378. The van der Waals surface area contributed by atoms with Crippen molar-refractivity contribution in [3.63, 3.8) is 0 Å². The molecule has 1 N–H and O–H groups in total. The summed E-state index contributed by atoms with van der Waals surface area (Å²) in [6.07, 6.45) is 0. The van der Waals surface area contributed by atoms with Gasteiger partial charge in [-0.15, -0.1) is 12.1 Å². The van der Waals surface area contributed by atoms with Crippen molar-refractivity contribution in [2.24, 2.45) is 0 Å². The predicted octanol–water partition coefficient (Wildman–Crippen LogP) is 1.19. The van der Waals surface area contributed by atoms with E-state index < -0.39 is 0 Å². The van der Waals surface area contributed by atoms with Gasteiger partial charge in [-0.1, -0.05) is 0 Å². The monoisotopic (exact) mass is 331 g/mol. The van der Waals surface area contributed by atoms with E-state index in [0.717, 1.165) is 0 Å². The zero-order chi connectivity index (χ0) is 5.11. The van der Waals surface area contributed by atoms with Crippen LogP contribution in [0.25, 0.3) is 0 Å². The van der Waals surface area contributed by atoms with Crippen molar-refractivity contribution in [2.75, 3.05) is 0 Å². The smallest absolute Gasteiger partial charge is 0.00821 e. The largest absolute Gasteiger partial charge is 0.533 e. The van der Waals surface area contributed by atoms with Gasteiger partial charge in [-0.05, 0) is 0 Å².